The molecule has 0 fully saturated rings. The van der Waals surface area contributed by atoms with Crippen molar-refractivity contribution in [1.82, 2.24) is 15.5 Å². The van der Waals surface area contributed by atoms with Crippen molar-refractivity contribution in [1.29, 1.82) is 0 Å². The first-order valence-electron chi connectivity index (χ1n) is 6.04. The van der Waals surface area contributed by atoms with Gasteiger partial charge in [0.05, 0.1) is 26.3 Å². The Morgan fingerprint density at radius 1 is 1.26 bits per heavy atom. The van der Waals surface area contributed by atoms with Crippen LogP contribution in [0.2, 0.25) is 0 Å². The van der Waals surface area contributed by atoms with Gasteiger partial charge in [-0.1, -0.05) is 12.1 Å². The third kappa shape index (κ3) is 3.03. The maximum absolute atomic E-state index is 5.29. The summed E-state index contributed by atoms with van der Waals surface area (Å²) in [5.41, 5.74) is 0.720. The number of nitrogens with zero attached hydrogens (tertiary/aromatic N) is 2. The van der Waals surface area contributed by atoms with Crippen LogP contribution in [0.1, 0.15) is 12.7 Å². The highest BCUT2D eigenvalue weighted by Crippen LogP contribution is 2.32. The lowest BCUT2D eigenvalue weighted by molar-refractivity contribution is 0.395. The normalized spacial score (nSPS) is 10.5. The van der Waals surface area contributed by atoms with E-state index in [0.717, 1.165) is 12.1 Å². The van der Waals surface area contributed by atoms with E-state index in [1.54, 1.807) is 14.2 Å². The highest BCUT2D eigenvalue weighted by Gasteiger charge is 2.14. The first kappa shape index (κ1) is 13.4. The van der Waals surface area contributed by atoms with Gasteiger partial charge in [-0.2, -0.15) is 4.98 Å². The van der Waals surface area contributed by atoms with Gasteiger partial charge in [-0.15, -0.1) is 0 Å². The first-order chi connectivity index (χ1) is 9.28. The highest BCUT2D eigenvalue weighted by atomic mass is 16.5. The summed E-state index contributed by atoms with van der Waals surface area (Å²) in [6.07, 6.45) is 0. The molecule has 0 radical (unpaired) electrons. The van der Waals surface area contributed by atoms with Crippen LogP contribution < -0.4 is 14.8 Å². The number of benzene rings is 1. The van der Waals surface area contributed by atoms with E-state index in [0.29, 0.717) is 29.8 Å². The Hall–Kier alpha value is -2.08. The summed E-state index contributed by atoms with van der Waals surface area (Å²) in [5.74, 6) is 2.41. The van der Waals surface area contributed by atoms with Crippen molar-refractivity contribution in [3.8, 4) is 23.0 Å². The Labute approximate surface area is 111 Å². The van der Waals surface area contributed by atoms with Crippen LogP contribution in [0.5, 0.6) is 11.5 Å². The molecular weight excluding hydrogens is 246 g/mol. The summed E-state index contributed by atoms with van der Waals surface area (Å²) in [5, 5.41) is 7.06. The molecule has 2 aromatic rings. The Bertz CT molecular complexity index is 540. The van der Waals surface area contributed by atoms with Crippen molar-refractivity contribution in [2.24, 2.45) is 0 Å². The average molecular weight is 263 g/mol. The zero-order valence-electron chi connectivity index (χ0n) is 11.3. The van der Waals surface area contributed by atoms with E-state index in [1.807, 2.05) is 25.1 Å². The minimum atomic E-state index is 0.420. The van der Waals surface area contributed by atoms with Gasteiger partial charge in [0, 0.05) is 0 Å². The van der Waals surface area contributed by atoms with Gasteiger partial charge in [-0.05, 0) is 24.7 Å². The third-order valence-corrected chi connectivity index (χ3v) is 2.64. The van der Waals surface area contributed by atoms with Gasteiger partial charge >= 0.3 is 0 Å². The summed E-state index contributed by atoms with van der Waals surface area (Å²) in [4.78, 5) is 4.33. The van der Waals surface area contributed by atoms with Crippen LogP contribution in [-0.4, -0.2) is 30.9 Å². The van der Waals surface area contributed by atoms with Crippen molar-refractivity contribution in [2.45, 2.75) is 13.5 Å². The predicted molar refractivity (Wildman–Crippen MR) is 70.2 cm³/mol. The van der Waals surface area contributed by atoms with Gasteiger partial charge in [0.1, 0.15) is 11.5 Å². The van der Waals surface area contributed by atoms with E-state index in [1.165, 1.54) is 0 Å². The SMILES string of the molecule is CCNCc1noc(-c2cc(OC)ccc2OC)n1. The topological polar surface area (TPSA) is 69.4 Å². The smallest absolute Gasteiger partial charge is 0.261 e. The summed E-state index contributed by atoms with van der Waals surface area (Å²) >= 11 is 0. The van der Waals surface area contributed by atoms with E-state index in [4.69, 9.17) is 14.0 Å². The fourth-order valence-electron chi connectivity index (χ4n) is 1.65. The number of hydrogen-bond donors (Lipinski definition) is 1. The van der Waals surface area contributed by atoms with E-state index >= 15 is 0 Å². The van der Waals surface area contributed by atoms with Crippen LogP contribution in [0.15, 0.2) is 22.7 Å². The first-order valence-corrected chi connectivity index (χ1v) is 6.04. The van der Waals surface area contributed by atoms with Crippen LogP contribution in [0, 0.1) is 0 Å². The van der Waals surface area contributed by atoms with E-state index < -0.39 is 0 Å². The van der Waals surface area contributed by atoms with Gasteiger partial charge in [0.25, 0.3) is 5.89 Å². The molecular formula is C13H17N3O3. The summed E-state index contributed by atoms with van der Waals surface area (Å²) in [6.45, 7) is 3.45. The van der Waals surface area contributed by atoms with Crippen molar-refractivity contribution in [2.75, 3.05) is 20.8 Å². The lowest BCUT2D eigenvalue weighted by atomic mass is 10.2. The van der Waals surface area contributed by atoms with E-state index in [9.17, 15) is 0 Å². The van der Waals surface area contributed by atoms with Crippen molar-refractivity contribution >= 4 is 0 Å². The maximum Gasteiger partial charge on any atom is 0.261 e. The average Bonchev–Trinajstić information content (AvgIpc) is 2.93. The van der Waals surface area contributed by atoms with Crippen molar-refractivity contribution < 1.29 is 14.0 Å². The number of aromatic nitrogens is 2. The molecule has 0 spiro atoms. The Balaban J connectivity index is 2.31. The van der Waals surface area contributed by atoms with Crippen LogP contribution in [0.4, 0.5) is 0 Å². The summed E-state index contributed by atoms with van der Waals surface area (Å²) < 4.78 is 15.7. The molecule has 6 heteroatoms. The maximum atomic E-state index is 5.29. The van der Waals surface area contributed by atoms with Gasteiger partial charge in [0.2, 0.25) is 0 Å². The molecule has 1 N–H and O–H groups in total. The molecule has 0 aliphatic rings. The molecule has 0 saturated heterocycles. The van der Waals surface area contributed by atoms with Crippen LogP contribution >= 0.6 is 0 Å². The second-order valence-electron chi connectivity index (χ2n) is 3.86. The molecule has 6 nitrogen and oxygen atoms in total. The molecule has 0 unspecified atom stereocenters. The Morgan fingerprint density at radius 3 is 2.79 bits per heavy atom. The molecule has 0 aliphatic carbocycles. The molecule has 0 amide bonds. The Kier molecular flexibility index (Phi) is 4.35. The molecule has 0 bridgehead atoms. The highest BCUT2D eigenvalue weighted by molar-refractivity contribution is 5.64. The second-order valence-corrected chi connectivity index (χ2v) is 3.86. The fraction of sp³-hybridized carbons (Fsp3) is 0.385. The predicted octanol–water partition coefficient (Wildman–Crippen LogP) is 1.86. The Morgan fingerprint density at radius 2 is 2.11 bits per heavy atom. The van der Waals surface area contributed by atoms with Crippen molar-refractivity contribution in [3.05, 3.63) is 24.0 Å². The quantitative estimate of drug-likeness (QED) is 0.858. The van der Waals surface area contributed by atoms with Gasteiger partial charge in [-0.25, -0.2) is 0 Å². The molecule has 102 valence electrons. The van der Waals surface area contributed by atoms with Crippen LogP contribution in [-0.2, 0) is 6.54 Å². The molecule has 0 aliphatic heterocycles. The monoisotopic (exact) mass is 263 g/mol. The van der Waals surface area contributed by atoms with E-state index in [-0.39, 0.29) is 0 Å². The minimum Gasteiger partial charge on any atom is -0.497 e. The van der Waals surface area contributed by atoms with Gasteiger partial charge < -0.3 is 19.3 Å². The summed E-state index contributed by atoms with van der Waals surface area (Å²) in [7, 11) is 3.21. The molecule has 0 atom stereocenters. The molecule has 1 aromatic heterocycles. The largest absolute Gasteiger partial charge is 0.497 e. The molecule has 2 rings (SSSR count). The number of methoxy groups -OCH3 is 2. The number of rotatable bonds is 6. The zero-order chi connectivity index (χ0) is 13.7. The number of hydrogen-bond acceptors (Lipinski definition) is 6. The minimum absolute atomic E-state index is 0.420. The van der Waals surface area contributed by atoms with Crippen LogP contribution in [0.3, 0.4) is 0 Å². The molecule has 19 heavy (non-hydrogen) atoms. The van der Waals surface area contributed by atoms with Gasteiger partial charge in [-0.3, -0.25) is 0 Å². The third-order valence-electron chi connectivity index (χ3n) is 2.64. The second kappa shape index (κ2) is 6.19. The fourth-order valence-corrected chi connectivity index (χ4v) is 1.65. The van der Waals surface area contributed by atoms with Crippen molar-refractivity contribution in [3.63, 3.8) is 0 Å². The molecule has 0 saturated carbocycles. The molecule has 1 heterocycles. The lowest BCUT2D eigenvalue weighted by Crippen LogP contribution is -2.12. The zero-order valence-corrected chi connectivity index (χ0v) is 11.3. The molecule has 1 aromatic carbocycles. The summed E-state index contributed by atoms with van der Waals surface area (Å²) in [6, 6.07) is 5.43. The van der Waals surface area contributed by atoms with Gasteiger partial charge in [0.15, 0.2) is 5.82 Å². The van der Waals surface area contributed by atoms with Crippen LogP contribution in [0.25, 0.3) is 11.5 Å². The number of ether oxygens (including phenoxy) is 2. The standard InChI is InChI=1S/C13H17N3O3/c1-4-14-8-12-15-13(19-16-12)10-7-9(17-2)5-6-11(10)18-3/h5-7,14H,4,8H2,1-3H3. The number of nitrogens with one attached hydrogen (secondary N) is 1. The van der Waals surface area contributed by atoms with E-state index in [2.05, 4.69) is 15.5 Å². The lowest BCUT2D eigenvalue weighted by Gasteiger charge is -2.06.